The molecule has 0 spiro atoms. The lowest BCUT2D eigenvalue weighted by Crippen LogP contribution is -2.27. The number of benzene rings is 1. The molecule has 106 valence electrons. The maximum Gasteiger partial charge on any atom is 0.0946 e. The molecule has 0 N–H and O–H groups in total. The Bertz CT molecular complexity index is 527. The van der Waals surface area contributed by atoms with Crippen LogP contribution in [0.1, 0.15) is 18.9 Å². The first kappa shape index (κ1) is 14.1. The van der Waals surface area contributed by atoms with Crippen molar-refractivity contribution in [2.45, 2.75) is 35.6 Å². The number of aromatic nitrogens is 2. The minimum absolute atomic E-state index is 0.253. The van der Waals surface area contributed by atoms with Crippen molar-refractivity contribution >= 4 is 23.5 Å². The molecule has 20 heavy (non-hydrogen) atoms. The third kappa shape index (κ3) is 3.23. The van der Waals surface area contributed by atoms with Gasteiger partial charge >= 0.3 is 0 Å². The zero-order valence-corrected chi connectivity index (χ0v) is 13.4. The van der Waals surface area contributed by atoms with Crippen LogP contribution in [0.15, 0.2) is 49.1 Å². The van der Waals surface area contributed by atoms with Crippen molar-refractivity contribution in [1.29, 1.82) is 0 Å². The molecule has 0 radical (unpaired) electrons. The summed E-state index contributed by atoms with van der Waals surface area (Å²) in [5.41, 5.74) is 1.43. The number of hydrogen-bond donors (Lipinski definition) is 0. The van der Waals surface area contributed by atoms with Crippen LogP contribution >= 0.6 is 23.5 Å². The fraction of sp³-hybridized carbons (Fsp3) is 0.438. The molecule has 2 atom stereocenters. The van der Waals surface area contributed by atoms with Crippen molar-refractivity contribution in [3.8, 4) is 0 Å². The highest BCUT2D eigenvalue weighted by molar-refractivity contribution is 8.21. The molecule has 2 aromatic rings. The molecule has 0 amide bonds. The molecule has 2 heterocycles. The van der Waals surface area contributed by atoms with Gasteiger partial charge < -0.3 is 4.57 Å². The number of thioether (sulfide) groups is 2. The molecule has 0 aliphatic carbocycles. The second-order valence-corrected chi connectivity index (χ2v) is 8.61. The maximum absolute atomic E-state index is 4.19. The molecule has 1 aromatic carbocycles. The number of rotatable bonds is 5. The van der Waals surface area contributed by atoms with Gasteiger partial charge in [0.25, 0.3) is 0 Å². The van der Waals surface area contributed by atoms with E-state index >= 15 is 0 Å². The highest BCUT2D eigenvalue weighted by Crippen LogP contribution is 2.51. The minimum Gasteiger partial charge on any atom is -0.335 e. The quantitative estimate of drug-likeness (QED) is 0.829. The molecule has 3 rings (SSSR count). The number of imidazole rings is 1. The van der Waals surface area contributed by atoms with Crippen LogP contribution in [0.25, 0.3) is 0 Å². The van der Waals surface area contributed by atoms with Crippen LogP contribution in [0, 0.1) is 0 Å². The van der Waals surface area contributed by atoms with Gasteiger partial charge in [-0.05, 0) is 18.4 Å². The Hall–Kier alpha value is -0.870. The lowest BCUT2D eigenvalue weighted by Gasteiger charge is -2.28. The predicted molar refractivity (Wildman–Crippen MR) is 89.2 cm³/mol. The van der Waals surface area contributed by atoms with Crippen molar-refractivity contribution in [2.75, 3.05) is 5.75 Å². The Balaban J connectivity index is 1.80. The topological polar surface area (TPSA) is 17.8 Å². The Kier molecular flexibility index (Phi) is 4.41. The highest BCUT2D eigenvalue weighted by Gasteiger charge is 2.40. The fourth-order valence-electron chi connectivity index (χ4n) is 2.61. The second kappa shape index (κ2) is 6.27. The summed E-state index contributed by atoms with van der Waals surface area (Å²) >= 11 is 4.30. The second-order valence-electron chi connectivity index (χ2n) is 5.27. The largest absolute Gasteiger partial charge is 0.335 e. The van der Waals surface area contributed by atoms with E-state index in [1.807, 2.05) is 12.5 Å². The van der Waals surface area contributed by atoms with Gasteiger partial charge in [0.1, 0.15) is 0 Å². The zero-order valence-electron chi connectivity index (χ0n) is 11.7. The average molecular weight is 304 g/mol. The Morgan fingerprint density at radius 3 is 2.85 bits per heavy atom. The summed E-state index contributed by atoms with van der Waals surface area (Å²) in [6.45, 7) is 3.34. The van der Waals surface area contributed by atoms with Crippen molar-refractivity contribution < 1.29 is 0 Å². The number of nitrogens with zero attached hydrogens (tertiary/aromatic N) is 2. The summed E-state index contributed by atoms with van der Waals surface area (Å²) < 4.78 is 2.48. The molecule has 0 bridgehead atoms. The van der Waals surface area contributed by atoms with Crippen LogP contribution in [-0.4, -0.2) is 24.6 Å². The Morgan fingerprint density at radius 1 is 1.35 bits per heavy atom. The summed E-state index contributed by atoms with van der Waals surface area (Å²) in [5, 5.41) is 0.784. The Morgan fingerprint density at radius 2 is 2.20 bits per heavy atom. The van der Waals surface area contributed by atoms with Crippen molar-refractivity contribution in [1.82, 2.24) is 9.55 Å². The minimum atomic E-state index is 0.253. The van der Waals surface area contributed by atoms with Crippen molar-refractivity contribution in [3.05, 3.63) is 54.6 Å². The van der Waals surface area contributed by atoms with E-state index in [2.05, 4.69) is 76.5 Å². The first-order chi connectivity index (χ1) is 9.80. The summed E-state index contributed by atoms with van der Waals surface area (Å²) in [6.07, 6.45) is 8.27. The van der Waals surface area contributed by atoms with Gasteiger partial charge in [0.2, 0.25) is 0 Å². The predicted octanol–water partition coefficient (Wildman–Crippen LogP) is 4.08. The first-order valence-electron chi connectivity index (χ1n) is 7.11. The smallest absolute Gasteiger partial charge is 0.0946 e. The molecule has 0 saturated carbocycles. The summed E-state index contributed by atoms with van der Waals surface area (Å²) in [4.78, 5) is 4.19. The fourth-order valence-corrected chi connectivity index (χ4v) is 6.46. The summed E-state index contributed by atoms with van der Waals surface area (Å²) in [6, 6.07) is 10.9. The van der Waals surface area contributed by atoms with E-state index in [4.69, 9.17) is 0 Å². The molecular weight excluding hydrogens is 284 g/mol. The van der Waals surface area contributed by atoms with Crippen molar-refractivity contribution in [2.24, 2.45) is 0 Å². The van der Waals surface area contributed by atoms with E-state index < -0.39 is 0 Å². The molecule has 1 fully saturated rings. The van der Waals surface area contributed by atoms with Gasteiger partial charge in [-0.25, -0.2) is 4.98 Å². The standard InChI is InChI=1S/C16H20N2S2/c1-2-15-11-19-16(20-15,12-18-9-8-17-13-18)10-14-6-4-3-5-7-14/h3-9,13,15H,2,10-12H2,1H3. The highest BCUT2D eigenvalue weighted by atomic mass is 32.2. The van der Waals surface area contributed by atoms with E-state index in [9.17, 15) is 0 Å². The summed E-state index contributed by atoms with van der Waals surface area (Å²) in [5.74, 6) is 1.27. The van der Waals surface area contributed by atoms with Crippen LogP contribution in [0.5, 0.6) is 0 Å². The van der Waals surface area contributed by atoms with Crippen LogP contribution in [0.4, 0.5) is 0 Å². The molecule has 2 unspecified atom stereocenters. The monoisotopic (exact) mass is 304 g/mol. The number of hydrogen-bond acceptors (Lipinski definition) is 3. The van der Waals surface area contributed by atoms with Gasteiger partial charge in [-0.3, -0.25) is 0 Å². The van der Waals surface area contributed by atoms with Crippen LogP contribution in [0.2, 0.25) is 0 Å². The van der Waals surface area contributed by atoms with Gasteiger partial charge in [0.15, 0.2) is 0 Å². The maximum atomic E-state index is 4.19. The third-order valence-corrected chi connectivity index (χ3v) is 7.43. The molecule has 1 aliphatic heterocycles. The van der Waals surface area contributed by atoms with Crippen LogP contribution in [0.3, 0.4) is 0 Å². The van der Waals surface area contributed by atoms with E-state index in [0.717, 1.165) is 18.2 Å². The van der Waals surface area contributed by atoms with E-state index in [0.29, 0.717) is 0 Å². The van der Waals surface area contributed by atoms with Gasteiger partial charge in [0, 0.05) is 29.9 Å². The van der Waals surface area contributed by atoms with Gasteiger partial charge in [-0.1, -0.05) is 37.3 Å². The summed E-state index contributed by atoms with van der Waals surface area (Å²) in [7, 11) is 0. The van der Waals surface area contributed by atoms with Crippen LogP contribution < -0.4 is 0 Å². The van der Waals surface area contributed by atoms with Gasteiger partial charge in [-0.15, -0.1) is 23.5 Å². The first-order valence-corrected chi connectivity index (χ1v) is 8.98. The van der Waals surface area contributed by atoms with Gasteiger partial charge in [0.05, 0.1) is 10.4 Å². The lowest BCUT2D eigenvalue weighted by molar-refractivity contribution is 0.624. The third-order valence-electron chi connectivity index (χ3n) is 3.67. The molecule has 1 aromatic heterocycles. The van der Waals surface area contributed by atoms with Gasteiger partial charge in [-0.2, -0.15) is 0 Å². The van der Waals surface area contributed by atoms with E-state index in [-0.39, 0.29) is 4.08 Å². The Labute approximate surface area is 129 Å². The SMILES string of the molecule is CCC1CSC(Cc2ccccc2)(Cn2ccnc2)S1. The average Bonchev–Trinajstić information content (AvgIpc) is 3.10. The molecular formula is C16H20N2S2. The molecule has 2 nitrogen and oxygen atoms in total. The van der Waals surface area contributed by atoms with Crippen molar-refractivity contribution in [3.63, 3.8) is 0 Å². The lowest BCUT2D eigenvalue weighted by atomic mass is 10.1. The van der Waals surface area contributed by atoms with Crippen LogP contribution in [-0.2, 0) is 13.0 Å². The zero-order chi connectivity index (χ0) is 13.8. The normalized spacial score (nSPS) is 25.9. The molecule has 1 aliphatic rings. The molecule has 1 saturated heterocycles. The van der Waals surface area contributed by atoms with E-state index in [1.165, 1.54) is 17.7 Å². The van der Waals surface area contributed by atoms with E-state index in [1.54, 1.807) is 0 Å². The molecule has 4 heteroatoms.